The number of amides is 2. The van der Waals surface area contributed by atoms with Crippen LogP contribution in [0.5, 0.6) is 5.75 Å². The highest BCUT2D eigenvalue weighted by atomic mass is 16.5. The Labute approximate surface area is 138 Å². The number of hydrogen-bond donors (Lipinski definition) is 2. The molecule has 1 aromatic rings. The highest BCUT2D eigenvalue weighted by Crippen LogP contribution is 2.14. The average molecular weight is 322 g/mol. The molecule has 1 unspecified atom stereocenters. The number of nitrogens with one attached hydrogen (secondary N) is 2. The van der Waals surface area contributed by atoms with E-state index in [1.165, 1.54) is 0 Å². The van der Waals surface area contributed by atoms with Gasteiger partial charge in [-0.3, -0.25) is 9.59 Å². The Bertz CT molecular complexity index is 502. The number of ether oxygens (including phenoxy) is 1. The summed E-state index contributed by atoms with van der Waals surface area (Å²) in [6, 6.07) is 7.16. The van der Waals surface area contributed by atoms with E-state index in [1.54, 1.807) is 36.3 Å². The number of methoxy groups -OCH3 is 1. The van der Waals surface area contributed by atoms with Gasteiger partial charge in [-0.05, 0) is 30.7 Å². The van der Waals surface area contributed by atoms with E-state index in [0.29, 0.717) is 6.54 Å². The summed E-state index contributed by atoms with van der Waals surface area (Å²) >= 11 is 0. The molecule has 23 heavy (non-hydrogen) atoms. The summed E-state index contributed by atoms with van der Waals surface area (Å²) in [5, 5.41) is 2.82. The van der Waals surface area contributed by atoms with Gasteiger partial charge in [-0.25, -0.2) is 0 Å². The minimum atomic E-state index is -0.114. The maximum absolute atomic E-state index is 12.0. The van der Waals surface area contributed by atoms with Crippen molar-refractivity contribution in [3.63, 3.8) is 0 Å². The van der Waals surface area contributed by atoms with Crippen LogP contribution in [0.4, 0.5) is 5.69 Å². The van der Waals surface area contributed by atoms with Crippen LogP contribution in [0.1, 0.15) is 19.8 Å². The lowest BCUT2D eigenvalue weighted by atomic mass is 10.3. The van der Waals surface area contributed by atoms with E-state index in [2.05, 4.69) is 12.2 Å². The summed E-state index contributed by atoms with van der Waals surface area (Å²) in [7, 11) is 5.25. The van der Waals surface area contributed by atoms with Gasteiger partial charge in [-0.1, -0.05) is 13.3 Å². The third-order valence-electron chi connectivity index (χ3n) is 3.56. The molecule has 0 fully saturated rings. The first-order chi connectivity index (χ1) is 11.0. The van der Waals surface area contributed by atoms with Crippen molar-refractivity contribution in [3.05, 3.63) is 24.3 Å². The van der Waals surface area contributed by atoms with Crippen molar-refractivity contribution < 1.29 is 19.2 Å². The molecule has 0 heterocycles. The van der Waals surface area contributed by atoms with Gasteiger partial charge in [0, 0.05) is 19.3 Å². The van der Waals surface area contributed by atoms with Crippen LogP contribution in [-0.2, 0) is 9.59 Å². The molecule has 0 aromatic heterocycles. The lowest BCUT2D eigenvalue weighted by Crippen LogP contribution is -3.11. The summed E-state index contributed by atoms with van der Waals surface area (Å²) in [6.07, 6.45) is 2.06. The van der Waals surface area contributed by atoms with Gasteiger partial charge in [-0.15, -0.1) is 0 Å². The smallest absolute Gasteiger partial charge is 0.279 e. The van der Waals surface area contributed by atoms with E-state index < -0.39 is 0 Å². The standard InChI is InChI=1S/C17H27N3O3/c1-5-6-11-20(3)17(22)13-19(2)12-16(21)18-14-7-9-15(23-4)10-8-14/h7-10H,5-6,11-13H2,1-4H3,(H,18,21)/p+1. The van der Waals surface area contributed by atoms with Crippen LogP contribution in [-0.4, -0.2) is 57.6 Å². The van der Waals surface area contributed by atoms with Crippen LogP contribution < -0.4 is 15.0 Å². The Balaban J connectivity index is 2.39. The van der Waals surface area contributed by atoms with Crippen LogP contribution in [0.25, 0.3) is 0 Å². The molecule has 0 aliphatic carbocycles. The third kappa shape index (κ3) is 7.15. The second kappa shape index (κ2) is 9.84. The normalized spacial score (nSPS) is 11.7. The number of unbranched alkanes of at least 4 members (excludes halogenated alkanes) is 1. The molecule has 0 saturated heterocycles. The molecule has 0 spiro atoms. The van der Waals surface area contributed by atoms with Crippen LogP contribution >= 0.6 is 0 Å². The highest BCUT2D eigenvalue weighted by molar-refractivity contribution is 5.91. The summed E-state index contributed by atoms with van der Waals surface area (Å²) in [4.78, 5) is 26.6. The number of carbonyl (C=O) groups excluding carboxylic acids is 2. The number of anilines is 1. The van der Waals surface area contributed by atoms with E-state index in [-0.39, 0.29) is 18.4 Å². The molecule has 128 valence electrons. The lowest BCUT2D eigenvalue weighted by molar-refractivity contribution is -0.862. The van der Waals surface area contributed by atoms with Crippen molar-refractivity contribution in [1.29, 1.82) is 0 Å². The van der Waals surface area contributed by atoms with Crippen molar-refractivity contribution in [3.8, 4) is 5.75 Å². The Morgan fingerprint density at radius 1 is 1.22 bits per heavy atom. The molecule has 0 aliphatic rings. The minimum absolute atomic E-state index is 0.0631. The molecule has 0 bridgehead atoms. The molecule has 1 rings (SSSR count). The Hall–Kier alpha value is -2.08. The monoisotopic (exact) mass is 322 g/mol. The number of hydrogen-bond acceptors (Lipinski definition) is 3. The van der Waals surface area contributed by atoms with Gasteiger partial charge in [0.15, 0.2) is 13.1 Å². The van der Waals surface area contributed by atoms with E-state index in [4.69, 9.17) is 4.74 Å². The maximum Gasteiger partial charge on any atom is 0.279 e. The van der Waals surface area contributed by atoms with Gasteiger partial charge in [-0.2, -0.15) is 0 Å². The van der Waals surface area contributed by atoms with Gasteiger partial charge in [0.1, 0.15) is 5.75 Å². The molecule has 1 atom stereocenters. The fourth-order valence-electron chi connectivity index (χ4n) is 2.13. The maximum atomic E-state index is 12.0. The number of rotatable bonds is 9. The van der Waals surface area contributed by atoms with Crippen molar-refractivity contribution in [2.45, 2.75) is 19.8 Å². The summed E-state index contributed by atoms with van der Waals surface area (Å²) < 4.78 is 5.07. The van der Waals surface area contributed by atoms with Crippen LogP contribution in [0.3, 0.4) is 0 Å². The molecule has 2 N–H and O–H groups in total. The van der Waals surface area contributed by atoms with Crippen LogP contribution in [0.15, 0.2) is 24.3 Å². The molecule has 2 amide bonds. The first kappa shape index (κ1) is 19.0. The first-order valence-electron chi connectivity index (χ1n) is 7.95. The summed E-state index contributed by atoms with van der Waals surface area (Å²) in [6.45, 7) is 3.43. The molecule has 1 aromatic carbocycles. The van der Waals surface area contributed by atoms with E-state index in [0.717, 1.165) is 35.7 Å². The van der Waals surface area contributed by atoms with Crippen LogP contribution in [0, 0.1) is 0 Å². The number of quaternary nitrogens is 1. The zero-order valence-corrected chi connectivity index (χ0v) is 14.5. The van der Waals surface area contributed by atoms with Gasteiger partial charge in [0.25, 0.3) is 11.8 Å². The van der Waals surface area contributed by atoms with Crippen molar-refractivity contribution in [1.82, 2.24) is 4.90 Å². The number of nitrogens with zero attached hydrogens (tertiary/aromatic N) is 1. The quantitative estimate of drug-likeness (QED) is 0.692. The van der Waals surface area contributed by atoms with Crippen LogP contribution in [0.2, 0.25) is 0 Å². The Morgan fingerprint density at radius 3 is 2.43 bits per heavy atom. The predicted molar refractivity (Wildman–Crippen MR) is 90.8 cm³/mol. The summed E-state index contributed by atoms with van der Waals surface area (Å²) in [5.41, 5.74) is 0.718. The van der Waals surface area contributed by atoms with Gasteiger partial charge in [0.05, 0.1) is 14.2 Å². The molecule has 6 heteroatoms. The zero-order chi connectivity index (χ0) is 17.2. The molecule has 0 aliphatic heterocycles. The summed E-state index contributed by atoms with van der Waals surface area (Å²) in [5.74, 6) is 0.691. The van der Waals surface area contributed by atoms with Gasteiger partial charge in [0.2, 0.25) is 0 Å². The fourth-order valence-corrected chi connectivity index (χ4v) is 2.13. The molecule has 6 nitrogen and oxygen atoms in total. The van der Waals surface area contributed by atoms with Gasteiger partial charge >= 0.3 is 0 Å². The molecular weight excluding hydrogens is 294 g/mol. The number of likely N-dealkylation sites (N-methyl/N-ethyl adjacent to an activating group) is 2. The second-order valence-electron chi connectivity index (χ2n) is 5.76. The molecular formula is C17H28N3O3+. The highest BCUT2D eigenvalue weighted by Gasteiger charge is 2.17. The molecule has 0 saturated carbocycles. The SMILES string of the molecule is CCCCN(C)C(=O)C[NH+](C)CC(=O)Nc1ccc(OC)cc1. The topological polar surface area (TPSA) is 63.1 Å². The fraction of sp³-hybridized carbons (Fsp3) is 0.529. The number of benzene rings is 1. The predicted octanol–water partition coefficient (Wildman–Crippen LogP) is 0.407. The molecule has 0 radical (unpaired) electrons. The second-order valence-corrected chi connectivity index (χ2v) is 5.76. The Morgan fingerprint density at radius 2 is 1.87 bits per heavy atom. The number of carbonyl (C=O) groups is 2. The minimum Gasteiger partial charge on any atom is -0.497 e. The van der Waals surface area contributed by atoms with Gasteiger partial charge < -0.3 is 19.9 Å². The largest absolute Gasteiger partial charge is 0.497 e. The lowest BCUT2D eigenvalue weighted by Gasteiger charge is -2.19. The Kier molecular flexibility index (Phi) is 8.11. The van der Waals surface area contributed by atoms with Crippen molar-refractivity contribution in [2.75, 3.05) is 46.2 Å². The van der Waals surface area contributed by atoms with Crippen molar-refractivity contribution >= 4 is 17.5 Å². The van der Waals surface area contributed by atoms with E-state index in [1.807, 2.05) is 14.1 Å². The van der Waals surface area contributed by atoms with E-state index >= 15 is 0 Å². The van der Waals surface area contributed by atoms with E-state index in [9.17, 15) is 9.59 Å². The third-order valence-corrected chi connectivity index (χ3v) is 3.56. The zero-order valence-electron chi connectivity index (χ0n) is 14.5. The average Bonchev–Trinajstić information content (AvgIpc) is 2.52. The van der Waals surface area contributed by atoms with Crippen molar-refractivity contribution in [2.24, 2.45) is 0 Å². The first-order valence-corrected chi connectivity index (χ1v) is 7.95.